The van der Waals surface area contributed by atoms with Crippen molar-refractivity contribution in [3.05, 3.63) is 23.2 Å². The van der Waals surface area contributed by atoms with Gasteiger partial charge >= 0.3 is 0 Å². The summed E-state index contributed by atoms with van der Waals surface area (Å²) in [7, 11) is 0. The van der Waals surface area contributed by atoms with E-state index in [2.05, 4.69) is 35.4 Å². The summed E-state index contributed by atoms with van der Waals surface area (Å²) in [5.41, 5.74) is 2.39. The average Bonchev–Trinajstić information content (AvgIpc) is 2.56. The highest BCUT2D eigenvalue weighted by atomic mass is 32.1. The molecule has 0 spiro atoms. The summed E-state index contributed by atoms with van der Waals surface area (Å²) < 4.78 is 1.30. The predicted molar refractivity (Wildman–Crippen MR) is 79.5 cm³/mol. The van der Waals surface area contributed by atoms with Gasteiger partial charge in [0.05, 0.1) is 15.2 Å². The van der Waals surface area contributed by atoms with Crippen LogP contribution in [0.3, 0.4) is 0 Å². The van der Waals surface area contributed by atoms with Gasteiger partial charge in [-0.3, -0.25) is 0 Å². The first kappa shape index (κ1) is 12.0. The smallest absolute Gasteiger partial charge is 0.0907 e. The molecule has 3 rings (SSSR count). The average molecular weight is 260 g/mol. The molecule has 0 radical (unpaired) electrons. The minimum Gasteiger partial charge on any atom is -0.382 e. The Labute approximate surface area is 112 Å². The van der Waals surface area contributed by atoms with E-state index < -0.39 is 0 Å². The minimum absolute atomic E-state index is 0.666. The second kappa shape index (κ2) is 5.27. The third-order valence-corrected chi connectivity index (χ3v) is 4.65. The molecule has 0 saturated heterocycles. The fourth-order valence-electron chi connectivity index (χ4n) is 2.79. The summed E-state index contributed by atoms with van der Waals surface area (Å²) in [5, 5.41) is 4.85. The minimum atomic E-state index is 0.666. The van der Waals surface area contributed by atoms with E-state index >= 15 is 0 Å². The van der Waals surface area contributed by atoms with Gasteiger partial charge in [-0.25, -0.2) is 4.98 Å². The monoisotopic (exact) mass is 260 g/mol. The quantitative estimate of drug-likeness (QED) is 0.789. The van der Waals surface area contributed by atoms with Crippen LogP contribution >= 0.6 is 11.3 Å². The van der Waals surface area contributed by atoms with Crippen LogP contribution in [0.5, 0.6) is 0 Å². The van der Waals surface area contributed by atoms with Crippen molar-refractivity contribution in [3.8, 4) is 0 Å². The number of rotatable bonds is 2. The lowest BCUT2D eigenvalue weighted by Gasteiger charge is -2.17. The van der Waals surface area contributed by atoms with Crippen LogP contribution in [0.2, 0.25) is 0 Å². The lowest BCUT2D eigenvalue weighted by molar-refractivity contribution is 0.620. The maximum absolute atomic E-state index is 4.51. The fraction of sp³-hybridized carbons (Fsp3) is 0.533. The van der Waals surface area contributed by atoms with E-state index in [0.29, 0.717) is 6.04 Å². The lowest BCUT2D eigenvalue weighted by Crippen LogP contribution is -2.17. The molecule has 0 amide bonds. The number of benzene rings is 1. The van der Waals surface area contributed by atoms with Crippen LogP contribution in [0.15, 0.2) is 18.2 Å². The molecule has 1 aliphatic rings. The number of nitrogens with zero attached hydrogens (tertiary/aromatic N) is 1. The van der Waals surface area contributed by atoms with Crippen LogP contribution in [0.1, 0.15) is 43.5 Å². The molecule has 1 aliphatic carbocycles. The van der Waals surface area contributed by atoms with E-state index in [0.717, 1.165) is 10.5 Å². The van der Waals surface area contributed by atoms with Crippen molar-refractivity contribution < 1.29 is 0 Å². The lowest BCUT2D eigenvalue weighted by atomic mass is 10.1. The van der Waals surface area contributed by atoms with Gasteiger partial charge in [0.15, 0.2) is 0 Å². The molecule has 0 bridgehead atoms. The Hall–Kier alpha value is -1.09. The number of hydrogen-bond acceptors (Lipinski definition) is 3. The second-order valence-electron chi connectivity index (χ2n) is 5.25. The van der Waals surface area contributed by atoms with Gasteiger partial charge in [-0.2, -0.15) is 0 Å². The summed E-state index contributed by atoms with van der Waals surface area (Å²) in [6.07, 6.45) is 8.20. The van der Waals surface area contributed by atoms with Gasteiger partial charge < -0.3 is 5.32 Å². The molecule has 1 saturated carbocycles. The van der Waals surface area contributed by atoms with Crippen molar-refractivity contribution in [2.24, 2.45) is 0 Å². The molecule has 1 N–H and O–H groups in total. The summed E-state index contributed by atoms with van der Waals surface area (Å²) in [5.74, 6) is 0. The van der Waals surface area contributed by atoms with Crippen LogP contribution < -0.4 is 5.32 Å². The third kappa shape index (κ3) is 2.66. The van der Waals surface area contributed by atoms with Gasteiger partial charge in [0.2, 0.25) is 0 Å². The highest BCUT2D eigenvalue weighted by Gasteiger charge is 2.12. The maximum Gasteiger partial charge on any atom is 0.0907 e. The van der Waals surface area contributed by atoms with Crippen molar-refractivity contribution in [1.29, 1.82) is 0 Å². The van der Waals surface area contributed by atoms with Crippen molar-refractivity contribution in [2.75, 3.05) is 5.32 Å². The van der Waals surface area contributed by atoms with Crippen LogP contribution in [0, 0.1) is 6.92 Å². The van der Waals surface area contributed by atoms with E-state index in [9.17, 15) is 0 Å². The van der Waals surface area contributed by atoms with Gasteiger partial charge in [-0.05, 0) is 38.0 Å². The number of nitrogens with one attached hydrogen (secondary N) is 1. The molecule has 1 heterocycles. The number of thiazole rings is 1. The third-order valence-electron chi connectivity index (χ3n) is 3.72. The Bertz CT molecular complexity index is 524. The van der Waals surface area contributed by atoms with Gasteiger partial charge in [-0.15, -0.1) is 11.3 Å². The van der Waals surface area contributed by atoms with E-state index in [1.807, 2.05) is 0 Å². The summed E-state index contributed by atoms with van der Waals surface area (Å²) >= 11 is 1.78. The van der Waals surface area contributed by atoms with Gasteiger partial charge in [0.1, 0.15) is 0 Å². The molecule has 1 fully saturated rings. The van der Waals surface area contributed by atoms with E-state index in [4.69, 9.17) is 0 Å². The Balaban J connectivity index is 1.76. The Kier molecular flexibility index (Phi) is 3.50. The van der Waals surface area contributed by atoms with Crippen LogP contribution in [0.4, 0.5) is 5.69 Å². The molecular formula is C15H20N2S. The molecule has 2 nitrogen and oxygen atoms in total. The molecule has 0 atom stereocenters. The largest absolute Gasteiger partial charge is 0.382 e. The zero-order chi connectivity index (χ0) is 12.4. The molecule has 3 heteroatoms. The van der Waals surface area contributed by atoms with E-state index in [1.165, 1.54) is 48.9 Å². The molecule has 0 aliphatic heterocycles. The molecule has 0 unspecified atom stereocenters. The van der Waals surface area contributed by atoms with Crippen LogP contribution in [-0.2, 0) is 0 Å². The summed E-state index contributed by atoms with van der Waals surface area (Å²) in [4.78, 5) is 4.51. The first-order chi connectivity index (χ1) is 8.81. The standard InChI is InChI=1S/C15H20N2S/c1-11-16-14-9-8-13(10-15(14)18-11)17-12-6-4-2-3-5-7-12/h8-10,12,17H,2-7H2,1H3. The number of aromatic nitrogens is 1. The van der Waals surface area contributed by atoms with E-state index in [1.54, 1.807) is 11.3 Å². The molecule has 1 aromatic heterocycles. The van der Waals surface area contributed by atoms with Crippen LogP contribution in [0.25, 0.3) is 10.2 Å². The molecular weight excluding hydrogens is 240 g/mol. The molecule has 96 valence electrons. The second-order valence-corrected chi connectivity index (χ2v) is 6.48. The zero-order valence-corrected chi connectivity index (χ0v) is 11.7. The number of aryl methyl sites for hydroxylation is 1. The summed E-state index contributed by atoms with van der Waals surface area (Å²) in [6, 6.07) is 7.23. The van der Waals surface area contributed by atoms with Crippen molar-refractivity contribution in [2.45, 2.75) is 51.5 Å². The highest BCUT2D eigenvalue weighted by Crippen LogP contribution is 2.27. The molecule has 18 heavy (non-hydrogen) atoms. The summed E-state index contributed by atoms with van der Waals surface area (Å²) in [6.45, 7) is 2.07. The number of hydrogen-bond donors (Lipinski definition) is 1. The Morgan fingerprint density at radius 1 is 1.17 bits per heavy atom. The van der Waals surface area contributed by atoms with Crippen molar-refractivity contribution in [3.63, 3.8) is 0 Å². The Morgan fingerprint density at radius 2 is 1.94 bits per heavy atom. The number of anilines is 1. The highest BCUT2D eigenvalue weighted by molar-refractivity contribution is 7.18. The first-order valence-corrected chi connectivity index (χ1v) is 7.77. The molecule has 2 aromatic rings. The Morgan fingerprint density at radius 3 is 2.72 bits per heavy atom. The van der Waals surface area contributed by atoms with Crippen molar-refractivity contribution in [1.82, 2.24) is 4.98 Å². The SMILES string of the molecule is Cc1nc2ccc(NC3CCCCCC3)cc2s1. The van der Waals surface area contributed by atoms with Gasteiger partial charge in [-0.1, -0.05) is 25.7 Å². The maximum atomic E-state index is 4.51. The predicted octanol–water partition coefficient (Wildman–Crippen LogP) is 4.74. The topological polar surface area (TPSA) is 24.9 Å². The van der Waals surface area contributed by atoms with Crippen LogP contribution in [-0.4, -0.2) is 11.0 Å². The van der Waals surface area contributed by atoms with Gasteiger partial charge in [0, 0.05) is 11.7 Å². The first-order valence-electron chi connectivity index (χ1n) is 6.95. The molecule has 1 aromatic carbocycles. The van der Waals surface area contributed by atoms with E-state index in [-0.39, 0.29) is 0 Å². The van der Waals surface area contributed by atoms with Gasteiger partial charge in [0.25, 0.3) is 0 Å². The number of fused-ring (bicyclic) bond motifs is 1. The fourth-order valence-corrected chi connectivity index (χ4v) is 3.66. The zero-order valence-electron chi connectivity index (χ0n) is 10.9. The normalized spacial score (nSPS) is 17.8. The van der Waals surface area contributed by atoms with Crippen molar-refractivity contribution >= 4 is 27.2 Å².